The van der Waals surface area contributed by atoms with Crippen LogP contribution in [0.25, 0.3) is 0 Å². The van der Waals surface area contributed by atoms with Crippen molar-refractivity contribution in [3.63, 3.8) is 0 Å². The molecule has 2 atom stereocenters. The molecule has 138 valence electrons. The van der Waals surface area contributed by atoms with Gasteiger partial charge in [-0.2, -0.15) is 0 Å². The first-order valence-corrected chi connectivity index (χ1v) is 9.21. The summed E-state index contributed by atoms with van der Waals surface area (Å²) in [6.45, 7) is 10.0. The molecular weight excluding hydrogens is 306 g/mol. The quantitative estimate of drug-likeness (QED) is 0.726. The standard InChI is InChI=1S/C17H33N5O2/c1-4-21(5-2)17(24)15-11-14(18)12-22(15)16(23)13-20-8-6-7-19(3)9-10-20/h14-15H,4-13,18H2,1-3H3/t14-,15-/m0/s1. The smallest absolute Gasteiger partial charge is 0.245 e. The van der Waals surface area contributed by atoms with Crippen molar-refractivity contribution in [3.05, 3.63) is 0 Å². The summed E-state index contributed by atoms with van der Waals surface area (Å²) in [4.78, 5) is 33.5. The van der Waals surface area contributed by atoms with E-state index >= 15 is 0 Å². The van der Waals surface area contributed by atoms with Gasteiger partial charge in [-0.1, -0.05) is 0 Å². The number of amides is 2. The van der Waals surface area contributed by atoms with Crippen LogP contribution >= 0.6 is 0 Å². The summed E-state index contributed by atoms with van der Waals surface area (Å²) in [6, 6.07) is -0.490. The van der Waals surface area contributed by atoms with Gasteiger partial charge >= 0.3 is 0 Å². The summed E-state index contributed by atoms with van der Waals surface area (Å²) in [5.41, 5.74) is 6.07. The summed E-state index contributed by atoms with van der Waals surface area (Å²) in [7, 11) is 2.11. The Balaban J connectivity index is 1.99. The van der Waals surface area contributed by atoms with Gasteiger partial charge in [-0.05, 0) is 46.8 Å². The zero-order valence-corrected chi connectivity index (χ0v) is 15.4. The lowest BCUT2D eigenvalue weighted by atomic mass is 10.1. The van der Waals surface area contributed by atoms with Crippen LogP contribution in [0.1, 0.15) is 26.7 Å². The Morgan fingerprint density at radius 1 is 1.12 bits per heavy atom. The lowest BCUT2D eigenvalue weighted by Gasteiger charge is -2.30. The van der Waals surface area contributed by atoms with Crippen molar-refractivity contribution in [2.24, 2.45) is 5.73 Å². The van der Waals surface area contributed by atoms with E-state index in [0.717, 1.165) is 32.6 Å². The van der Waals surface area contributed by atoms with Gasteiger partial charge in [0.1, 0.15) is 6.04 Å². The predicted molar refractivity (Wildman–Crippen MR) is 94.6 cm³/mol. The molecule has 2 heterocycles. The number of carbonyl (C=O) groups is 2. The third kappa shape index (κ3) is 4.68. The van der Waals surface area contributed by atoms with Crippen molar-refractivity contribution < 1.29 is 9.59 Å². The summed E-state index contributed by atoms with van der Waals surface area (Å²) in [5, 5.41) is 0. The average Bonchev–Trinajstić information content (AvgIpc) is 2.83. The van der Waals surface area contributed by atoms with Crippen LogP contribution in [0.4, 0.5) is 0 Å². The van der Waals surface area contributed by atoms with Gasteiger partial charge in [-0.25, -0.2) is 0 Å². The van der Waals surface area contributed by atoms with Gasteiger partial charge in [0.15, 0.2) is 0 Å². The Hall–Kier alpha value is -1.18. The normalized spacial score (nSPS) is 26.4. The highest BCUT2D eigenvalue weighted by atomic mass is 16.2. The highest BCUT2D eigenvalue weighted by Crippen LogP contribution is 2.19. The number of rotatable bonds is 5. The maximum absolute atomic E-state index is 12.8. The van der Waals surface area contributed by atoms with Gasteiger partial charge in [-0.3, -0.25) is 14.5 Å². The topological polar surface area (TPSA) is 73.1 Å². The lowest BCUT2D eigenvalue weighted by molar-refractivity contribution is -0.144. The Kier molecular flexibility index (Phi) is 7.01. The van der Waals surface area contributed by atoms with Crippen LogP contribution in [0.15, 0.2) is 0 Å². The predicted octanol–water partition coefficient (Wildman–Crippen LogP) is -0.579. The Bertz CT molecular complexity index is 441. The summed E-state index contributed by atoms with van der Waals surface area (Å²) < 4.78 is 0. The minimum atomic E-state index is -0.387. The molecule has 2 amide bonds. The van der Waals surface area contributed by atoms with E-state index in [4.69, 9.17) is 5.73 Å². The Morgan fingerprint density at radius 2 is 1.83 bits per heavy atom. The SMILES string of the molecule is CCN(CC)C(=O)[C@@H]1C[C@H](N)CN1C(=O)CN1CCCN(C)CC1. The highest BCUT2D eigenvalue weighted by molar-refractivity contribution is 5.89. The molecule has 2 saturated heterocycles. The molecule has 7 nitrogen and oxygen atoms in total. The minimum absolute atomic E-state index is 0.0388. The average molecular weight is 339 g/mol. The van der Waals surface area contributed by atoms with Gasteiger partial charge in [-0.15, -0.1) is 0 Å². The Labute approximate surface area is 145 Å². The first kappa shape index (κ1) is 19.1. The molecule has 0 aromatic carbocycles. The van der Waals surface area contributed by atoms with E-state index in [1.54, 1.807) is 9.80 Å². The highest BCUT2D eigenvalue weighted by Gasteiger charge is 2.39. The van der Waals surface area contributed by atoms with E-state index in [9.17, 15) is 9.59 Å². The molecule has 0 saturated carbocycles. The Morgan fingerprint density at radius 3 is 2.50 bits per heavy atom. The van der Waals surface area contributed by atoms with Gasteiger partial charge in [0, 0.05) is 38.8 Å². The van der Waals surface area contributed by atoms with E-state index in [1.165, 1.54) is 0 Å². The molecule has 0 unspecified atom stereocenters. The molecule has 7 heteroatoms. The van der Waals surface area contributed by atoms with Crippen LogP contribution < -0.4 is 5.73 Å². The first-order chi connectivity index (χ1) is 11.5. The second-order valence-corrected chi connectivity index (χ2v) is 7.00. The molecule has 0 aromatic rings. The molecule has 2 aliphatic heterocycles. The van der Waals surface area contributed by atoms with Crippen molar-refractivity contribution in [1.29, 1.82) is 0 Å². The third-order valence-corrected chi connectivity index (χ3v) is 5.18. The van der Waals surface area contributed by atoms with Crippen molar-refractivity contribution in [1.82, 2.24) is 19.6 Å². The zero-order valence-electron chi connectivity index (χ0n) is 15.4. The van der Waals surface area contributed by atoms with E-state index < -0.39 is 0 Å². The molecule has 2 fully saturated rings. The molecule has 2 aliphatic rings. The fraction of sp³-hybridized carbons (Fsp3) is 0.882. The summed E-state index contributed by atoms with van der Waals surface area (Å²) in [6.07, 6.45) is 1.65. The molecular formula is C17H33N5O2. The van der Waals surface area contributed by atoms with Crippen LogP contribution in [0, 0.1) is 0 Å². The van der Waals surface area contributed by atoms with Crippen LogP contribution in [0.2, 0.25) is 0 Å². The van der Waals surface area contributed by atoms with Gasteiger partial charge in [0.2, 0.25) is 11.8 Å². The van der Waals surface area contributed by atoms with E-state index in [1.807, 2.05) is 13.8 Å². The molecule has 0 spiro atoms. The fourth-order valence-corrected chi connectivity index (χ4v) is 3.66. The molecule has 24 heavy (non-hydrogen) atoms. The fourth-order valence-electron chi connectivity index (χ4n) is 3.66. The molecule has 0 aromatic heterocycles. The first-order valence-electron chi connectivity index (χ1n) is 9.21. The van der Waals surface area contributed by atoms with Crippen molar-refractivity contribution >= 4 is 11.8 Å². The number of carbonyl (C=O) groups excluding carboxylic acids is 2. The molecule has 2 N–H and O–H groups in total. The summed E-state index contributed by atoms with van der Waals surface area (Å²) >= 11 is 0. The number of likely N-dealkylation sites (N-methyl/N-ethyl adjacent to an activating group) is 2. The second kappa shape index (κ2) is 8.78. The van der Waals surface area contributed by atoms with Gasteiger partial charge in [0.05, 0.1) is 6.54 Å². The van der Waals surface area contributed by atoms with E-state index in [2.05, 4.69) is 16.8 Å². The van der Waals surface area contributed by atoms with Gasteiger partial charge in [0.25, 0.3) is 0 Å². The number of hydrogen-bond donors (Lipinski definition) is 1. The van der Waals surface area contributed by atoms with Crippen molar-refractivity contribution in [3.8, 4) is 0 Å². The second-order valence-electron chi connectivity index (χ2n) is 7.00. The molecule has 0 radical (unpaired) electrons. The van der Waals surface area contributed by atoms with Crippen LogP contribution in [-0.4, -0.2) is 103 Å². The van der Waals surface area contributed by atoms with Crippen molar-refractivity contribution in [2.75, 3.05) is 59.4 Å². The number of nitrogens with zero attached hydrogens (tertiary/aromatic N) is 4. The molecule has 0 aliphatic carbocycles. The minimum Gasteiger partial charge on any atom is -0.341 e. The zero-order chi connectivity index (χ0) is 17.7. The maximum atomic E-state index is 12.8. The number of likely N-dealkylation sites (tertiary alicyclic amines) is 1. The van der Waals surface area contributed by atoms with Crippen LogP contribution in [0.3, 0.4) is 0 Å². The summed E-state index contributed by atoms with van der Waals surface area (Å²) in [5.74, 6) is 0.0786. The van der Waals surface area contributed by atoms with Gasteiger partial charge < -0.3 is 20.4 Å². The van der Waals surface area contributed by atoms with Crippen LogP contribution in [0.5, 0.6) is 0 Å². The van der Waals surface area contributed by atoms with E-state index in [0.29, 0.717) is 32.6 Å². The molecule has 0 bridgehead atoms. The number of hydrogen-bond acceptors (Lipinski definition) is 5. The largest absolute Gasteiger partial charge is 0.341 e. The molecule has 2 rings (SSSR count). The van der Waals surface area contributed by atoms with E-state index in [-0.39, 0.29) is 23.9 Å². The lowest BCUT2D eigenvalue weighted by Crippen LogP contribution is -2.50. The monoisotopic (exact) mass is 339 g/mol. The third-order valence-electron chi connectivity index (χ3n) is 5.18. The maximum Gasteiger partial charge on any atom is 0.245 e. The van der Waals surface area contributed by atoms with Crippen LogP contribution in [-0.2, 0) is 9.59 Å². The number of nitrogens with two attached hydrogens (primary N) is 1. The van der Waals surface area contributed by atoms with Crippen molar-refractivity contribution in [2.45, 2.75) is 38.8 Å².